The molecule has 1 rings (SSSR count). The van der Waals surface area contributed by atoms with Gasteiger partial charge in [-0.3, -0.25) is 4.79 Å². The minimum Gasteiger partial charge on any atom is -0.388 e. The smallest absolute Gasteiger partial charge is 0.319 e. The number of hydrogen-bond acceptors (Lipinski definition) is 3. The first-order valence-electron chi connectivity index (χ1n) is 7.27. The lowest BCUT2D eigenvalue weighted by molar-refractivity contribution is 0.00827. The van der Waals surface area contributed by atoms with E-state index in [0.717, 1.165) is 6.42 Å². The molecule has 2 unspecified atom stereocenters. The third kappa shape index (κ3) is 4.90. The average molecular weight is 295 g/mol. The molecule has 0 aromatic carbocycles. The molecule has 0 aliphatic carbocycles. The maximum atomic E-state index is 11.8. The van der Waals surface area contributed by atoms with E-state index in [2.05, 4.69) is 10.6 Å². The van der Waals surface area contributed by atoms with E-state index in [1.54, 1.807) is 19.2 Å². The second-order valence-electron chi connectivity index (χ2n) is 5.52. The predicted octanol–water partition coefficient (Wildman–Crippen LogP) is 1.79. The van der Waals surface area contributed by atoms with Gasteiger partial charge >= 0.3 is 6.03 Å². The standard InChI is InChI=1S/C15H25N3O3/c1-5-11(3)15(4,21)10-16-14(20)17-12-7-8-13(19)18(6-2)9-12/h7-9,11,21H,5-6,10H2,1-4H3,(H2,16,17,20). The number of pyridine rings is 1. The highest BCUT2D eigenvalue weighted by atomic mass is 16.3. The molecule has 0 saturated carbocycles. The van der Waals surface area contributed by atoms with Crippen molar-refractivity contribution in [3.8, 4) is 0 Å². The fourth-order valence-electron chi connectivity index (χ4n) is 1.90. The van der Waals surface area contributed by atoms with Crippen molar-refractivity contribution in [1.82, 2.24) is 9.88 Å². The van der Waals surface area contributed by atoms with Gasteiger partial charge in [-0.25, -0.2) is 4.79 Å². The lowest BCUT2D eigenvalue weighted by Gasteiger charge is -2.29. The van der Waals surface area contributed by atoms with Crippen molar-refractivity contribution >= 4 is 11.7 Å². The largest absolute Gasteiger partial charge is 0.388 e. The number of nitrogens with zero attached hydrogens (tertiary/aromatic N) is 1. The highest BCUT2D eigenvalue weighted by Gasteiger charge is 2.27. The molecule has 0 saturated heterocycles. The van der Waals surface area contributed by atoms with Gasteiger partial charge < -0.3 is 20.3 Å². The van der Waals surface area contributed by atoms with Crippen LogP contribution in [0.25, 0.3) is 0 Å². The van der Waals surface area contributed by atoms with Crippen LogP contribution in [-0.4, -0.2) is 27.9 Å². The third-order valence-corrected chi connectivity index (χ3v) is 3.86. The zero-order valence-corrected chi connectivity index (χ0v) is 13.1. The summed E-state index contributed by atoms with van der Waals surface area (Å²) in [6.07, 6.45) is 2.42. The van der Waals surface area contributed by atoms with Gasteiger partial charge in [0.2, 0.25) is 0 Å². The summed E-state index contributed by atoms with van der Waals surface area (Å²) < 4.78 is 1.50. The first-order chi connectivity index (χ1) is 9.80. The third-order valence-electron chi connectivity index (χ3n) is 3.86. The summed E-state index contributed by atoms with van der Waals surface area (Å²) in [6, 6.07) is 2.56. The molecule has 0 radical (unpaired) electrons. The van der Waals surface area contributed by atoms with Gasteiger partial charge in [-0.1, -0.05) is 20.3 Å². The van der Waals surface area contributed by atoms with Gasteiger partial charge in [-0.05, 0) is 25.8 Å². The Kier molecular flexibility index (Phi) is 5.96. The lowest BCUT2D eigenvalue weighted by Crippen LogP contribution is -2.46. The molecule has 3 N–H and O–H groups in total. The second-order valence-corrected chi connectivity index (χ2v) is 5.52. The Morgan fingerprint density at radius 1 is 1.43 bits per heavy atom. The van der Waals surface area contributed by atoms with Crippen LogP contribution < -0.4 is 16.2 Å². The van der Waals surface area contributed by atoms with Crippen LogP contribution in [0.5, 0.6) is 0 Å². The number of carbonyl (C=O) groups excluding carboxylic acids is 1. The van der Waals surface area contributed by atoms with Crippen molar-refractivity contribution in [2.75, 3.05) is 11.9 Å². The number of rotatable bonds is 6. The summed E-state index contributed by atoms with van der Waals surface area (Å²) in [7, 11) is 0. The van der Waals surface area contributed by atoms with Crippen molar-refractivity contribution in [2.24, 2.45) is 5.92 Å². The fraction of sp³-hybridized carbons (Fsp3) is 0.600. The number of amides is 2. The first-order valence-corrected chi connectivity index (χ1v) is 7.27. The molecule has 1 aromatic rings. The van der Waals surface area contributed by atoms with Gasteiger partial charge in [0, 0.05) is 25.4 Å². The Morgan fingerprint density at radius 3 is 2.67 bits per heavy atom. The van der Waals surface area contributed by atoms with Gasteiger partial charge in [0.15, 0.2) is 0 Å². The Bertz CT molecular complexity index is 537. The fourth-order valence-corrected chi connectivity index (χ4v) is 1.90. The van der Waals surface area contributed by atoms with E-state index < -0.39 is 11.6 Å². The van der Waals surface area contributed by atoms with Crippen LogP contribution in [0.1, 0.15) is 34.1 Å². The van der Waals surface area contributed by atoms with Gasteiger partial charge in [-0.15, -0.1) is 0 Å². The minimum absolute atomic E-state index is 0.0831. The topological polar surface area (TPSA) is 83.4 Å². The molecule has 0 aliphatic heterocycles. The normalized spacial score (nSPS) is 15.1. The molecule has 21 heavy (non-hydrogen) atoms. The Hall–Kier alpha value is -1.82. The highest BCUT2D eigenvalue weighted by Crippen LogP contribution is 2.18. The molecule has 6 heteroatoms. The maximum absolute atomic E-state index is 11.8. The monoisotopic (exact) mass is 295 g/mol. The van der Waals surface area contributed by atoms with E-state index in [1.807, 2.05) is 20.8 Å². The van der Waals surface area contributed by atoms with Gasteiger partial charge in [0.1, 0.15) is 0 Å². The number of hydrogen-bond donors (Lipinski definition) is 3. The van der Waals surface area contributed by atoms with Gasteiger partial charge in [-0.2, -0.15) is 0 Å². The summed E-state index contributed by atoms with van der Waals surface area (Å²) in [6.45, 7) is 8.21. The summed E-state index contributed by atoms with van der Waals surface area (Å²) >= 11 is 0. The molecule has 0 bridgehead atoms. The molecule has 6 nitrogen and oxygen atoms in total. The molecule has 1 aromatic heterocycles. The number of urea groups is 1. The van der Waals surface area contributed by atoms with Crippen LogP contribution in [-0.2, 0) is 6.54 Å². The van der Waals surface area contributed by atoms with E-state index in [9.17, 15) is 14.7 Å². The number of nitrogens with one attached hydrogen (secondary N) is 2. The van der Waals surface area contributed by atoms with Crippen molar-refractivity contribution in [3.05, 3.63) is 28.7 Å². The molecule has 2 amide bonds. The zero-order chi connectivity index (χ0) is 16.0. The quantitative estimate of drug-likeness (QED) is 0.748. The number of aromatic nitrogens is 1. The SMILES string of the molecule is CCC(C)C(C)(O)CNC(=O)Nc1ccc(=O)n(CC)c1. The van der Waals surface area contributed by atoms with Crippen molar-refractivity contribution in [2.45, 2.75) is 46.3 Å². The van der Waals surface area contributed by atoms with E-state index in [1.165, 1.54) is 10.6 Å². The van der Waals surface area contributed by atoms with Crippen LogP contribution in [0, 0.1) is 5.92 Å². The molecule has 118 valence electrons. The number of aryl methyl sites for hydroxylation is 1. The lowest BCUT2D eigenvalue weighted by atomic mass is 9.89. The van der Waals surface area contributed by atoms with Crippen LogP contribution in [0.15, 0.2) is 23.1 Å². The van der Waals surface area contributed by atoms with Crippen molar-refractivity contribution < 1.29 is 9.90 Å². The van der Waals surface area contributed by atoms with Crippen LogP contribution in [0.2, 0.25) is 0 Å². The molecule has 2 atom stereocenters. The molecular formula is C15H25N3O3. The van der Waals surface area contributed by atoms with Crippen LogP contribution in [0.4, 0.5) is 10.5 Å². The maximum Gasteiger partial charge on any atom is 0.319 e. The van der Waals surface area contributed by atoms with Gasteiger partial charge in [0.25, 0.3) is 5.56 Å². The Morgan fingerprint density at radius 2 is 2.10 bits per heavy atom. The number of carbonyl (C=O) groups is 1. The summed E-state index contributed by atoms with van der Waals surface area (Å²) in [5.74, 6) is 0.0831. The number of anilines is 1. The van der Waals surface area contributed by atoms with E-state index >= 15 is 0 Å². The molecule has 0 fully saturated rings. The minimum atomic E-state index is -0.950. The highest BCUT2D eigenvalue weighted by molar-refractivity contribution is 5.89. The summed E-state index contributed by atoms with van der Waals surface area (Å²) in [5, 5.41) is 15.5. The summed E-state index contributed by atoms with van der Waals surface area (Å²) in [4.78, 5) is 23.3. The van der Waals surface area contributed by atoms with Crippen LogP contribution in [0.3, 0.4) is 0 Å². The van der Waals surface area contributed by atoms with E-state index in [-0.39, 0.29) is 18.0 Å². The van der Waals surface area contributed by atoms with Crippen molar-refractivity contribution in [3.63, 3.8) is 0 Å². The number of aliphatic hydroxyl groups is 1. The van der Waals surface area contributed by atoms with E-state index in [0.29, 0.717) is 12.2 Å². The predicted molar refractivity (Wildman–Crippen MR) is 83.5 cm³/mol. The van der Waals surface area contributed by atoms with Crippen molar-refractivity contribution in [1.29, 1.82) is 0 Å². The first kappa shape index (κ1) is 17.2. The molecular weight excluding hydrogens is 270 g/mol. The summed E-state index contributed by atoms with van der Waals surface area (Å²) in [5.41, 5.74) is -0.519. The Balaban J connectivity index is 2.60. The van der Waals surface area contributed by atoms with Gasteiger partial charge in [0.05, 0.1) is 11.3 Å². The molecule has 0 spiro atoms. The Labute approximate surface area is 125 Å². The van der Waals surface area contributed by atoms with Crippen LogP contribution >= 0.6 is 0 Å². The molecule has 1 heterocycles. The van der Waals surface area contributed by atoms with E-state index in [4.69, 9.17) is 0 Å². The average Bonchev–Trinajstić information content (AvgIpc) is 2.46. The zero-order valence-electron chi connectivity index (χ0n) is 13.1. The molecule has 0 aliphatic rings. The second kappa shape index (κ2) is 7.26.